The van der Waals surface area contributed by atoms with E-state index in [4.69, 9.17) is 9.84 Å². The summed E-state index contributed by atoms with van der Waals surface area (Å²) in [7, 11) is 0. The number of carboxylic acids is 1. The summed E-state index contributed by atoms with van der Waals surface area (Å²) in [5.41, 5.74) is -0.876. The molecule has 1 aliphatic carbocycles. The number of ether oxygens (including phenoxy) is 1. The van der Waals surface area contributed by atoms with E-state index < -0.39 is 23.0 Å². The maximum absolute atomic E-state index is 14.5. The predicted molar refractivity (Wildman–Crippen MR) is 97.9 cm³/mol. The van der Waals surface area contributed by atoms with Crippen LogP contribution in [-0.2, 0) is 19.7 Å². The van der Waals surface area contributed by atoms with E-state index in [9.17, 15) is 18.4 Å². The zero-order valence-electron chi connectivity index (χ0n) is 15.9. The molecule has 1 aliphatic heterocycles. The lowest BCUT2D eigenvalue weighted by atomic mass is 9.72. The van der Waals surface area contributed by atoms with Crippen LogP contribution in [0.4, 0.5) is 8.78 Å². The molecule has 1 aromatic carbocycles. The van der Waals surface area contributed by atoms with Crippen molar-refractivity contribution in [3.63, 3.8) is 0 Å². The van der Waals surface area contributed by atoms with Gasteiger partial charge in [-0.1, -0.05) is 13.0 Å². The molecule has 0 spiro atoms. The fraction of sp³-hybridized carbons (Fsp3) is 0.600. The van der Waals surface area contributed by atoms with Gasteiger partial charge in [-0.3, -0.25) is 14.5 Å². The van der Waals surface area contributed by atoms with Crippen molar-refractivity contribution in [3.05, 3.63) is 35.4 Å². The average molecular weight is 396 g/mol. The normalized spacial score (nSPS) is 23.9. The van der Waals surface area contributed by atoms with E-state index in [1.165, 1.54) is 12.1 Å². The van der Waals surface area contributed by atoms with Gasteiger partial charge in [0.25, 0.3) is 0 Å². The summed E-state index contributed by atoms with van der Waals surface area (Å²) in [4.78, 5) is 26.0. The van der Waals surface area contributed by atoms with E-state index in [0.717, 1.165) is 6.07 Å². The number of likely N-dealkylation sites (N-methyl/N-ethyl adjacent to an activating group) is 1. The maximum Gasteiger partial charge on any atom is 0.317 e. The maximum atomic E-state index is 14.5. The Hall–Kier alpha value is -2.06. The van der Waals surface area contributed by atoms with Crippen LogP contribution in [-0.4, -0.2) is 60.3 Å². The van der Waals surface area contributed by atoms with Gasteiger partial charge in [0.15, 0.2) is 0 Å². The standard InChI is InChI=1S/C20H26F2N2O4/c1-2-24(12-18(25)26)15-10-14(11-15)23-19(27)20(5-7-28-8-6-20)16-4-3-13(21)9-17(16)22/h3-4,9,14-15H,2,5-8,10-12H2,1H3,(H,23,27)(H,25,26). The molecular formula is C20H26F2N2O4. The van der Waals surface area contributed by atoms with Crippen molar-refractivity contribution in [2.45, 2.75) is 50.1 Å². The third-order valence-corrected chi connectivity index (χ3v) is 5.94. The molecule has 6 nitrogen and oxygen atoms in total. The monoisotopic (exact) mass is 396 g/mol. The molecule has 0 atom stereocenters. The molecule has 1 amide bonds. The van der Waals surface area contributed by atoms with Crippen molar-refractivity contribution in [2.75, 3.05) is 26.3 Å². The Morgan fingerprint density at radius 1 is 1.29 bits per heavy atom. The fourth-order valence-electron chi connectivity index (χ4n) is 4.22. The van der Waals surface area contributed by atoms with Gasteiger partial charge in [-0.2, -0.15) is 0 Å². The number of halogens is 2. The number of hydrogen-bond acceptors (Lipinski definition) is 4. The lowest BCUT2D eigenvalue weighted by molar-refractivity contribution is -0.140. The number of benzene rings is 1. The summed E-state index contributed by atoms with van der Waals surface area (Å²) in [6.07, 6.45) is 1.98. The first-order valence-corrected chi connectivity index (χ1v) is 9.66. The van der Waals surface area contributed by atoms with Crippen molar-refractivity contribution in [1.82, 2.24) is 10.2 Å². The van der Waals surface area contributed by atoms with Crippen LogP contribution in [0.15, 0.2) is 18.2 Å². The molecule has 154 valence electrons. The number of carboxylic acid groups (broad SMARTS) is 1. The number of carbonyl (C=O) groups is 2. The topological polar surface area (TPSA) is 78.9 Å². The van der Waals surface area contributed by atoms with E-state index in [-0.39, 0.29) is 30.1 Å². The van der Waals surface area contributed by atoms with Crippen molar-refractivity contribution >= 4 is 11.9 Å². The summed E-state index contributed by atoms with van der Waals surface area (Å²) >= 11 is 0. The van der Waals surface area contributed by atoms with Gasteiger partial charge in [0, 0.05) is 36.9 Å². The van der Waals surface area contributed by atoms with E-state index in [0.29, 0.717) is 45.4 Å². The summed E-state index contributed by atoms with van der Waals surface area (Å²) in [5.74, 6) is -2.54. The molecule has 28 heavy (non-hydrogen) atoms. The van der Waals surface area contributed by atoms with Crippen LogP contribution in [0.2, 0.25) is 0 Å². The molecule has 0 bridgehead atoms. The Morgan fingerprint density at radius 2 is 1.96 bits per heavy atom. The minimum Gasteiger partial charge on any atom is -0.480 e. The van der Waals surface area contributed by atoms with Crippen LogP contribution in [0.5, 0.6) is 0 Å². The molecule has 8 heteroatoms. The summed E-state index contributed by atoms with van der Waals surface area (Å²) in [5, 5.41) is 12.0. The number of amides is 1. The zero-order chi connectivity index (χ0) is 20.3. The number of carbonyl (C=O) groups excluding carboxylic acids is 1. The Bertz CT molecular complexity index is 731. The van der Waals surface area contributed by atoms with Crippen molar-refractivity contribution in [2.24, 2.45) is 0 Å². The van der Waals surface area contributed by atoms with Gasteiger partial charge in [0.1, 0.15) is 11.6 Å². The van der Waals surface area contributed by atoms with Gasteiger partial charge >= 0.3 is 5.97 Å². The number of rotatable bonds is 7. The Morgan fingerprint density at radius 3 is 2.54 bits per heavy atom. The Labute approximate surface area is 162 Å². The molecule has 0 unspecified atom stereocenters. The van der Waals surface area contributed by atoms with Crippen molar-refractivity contribution in [1.29, 1.82) is 0 Å². The molecule has 1 heterocycles. The molecule has 2 aliphatic rings. The van der Waals surface area contributed by atoms with Gasteiger partial charge in [-0.15, -0.1) is 0 Å². The summed E-state index contributed by atoms with van der Waals surface area (Å²) in [6, 6.07) is 3.37. The molecule has 0 radical (unpaired) electrons. The van der Waals surface area contributed by atoms with Crippen molar-refractivity contribution in [3.8, 4) is 0 Å². The molecule has 1 aromatic rings. The van der Waals surface area contributed by atoms with Gasteiger partial charge in [0.2, 0.25) is 5.91 Å². The molecular weight excluding hydrogens is 370 g/mol. The minimum absolute atomic E-state index is 0.0239. The van der Waals surface area contributed by atoms with Crippen LogP contribution >= 0.6 is 0 Å². The van der Waals surface area contributed by atoms with Crippen LogP contribution in [0.3, 0.4) is 0 Å². The molecule has 0 aromatic heterocycles. The number of hydrogen-bond donors (Lipinski definition) is 2. The van der Waals surface area contributed by atoms with E-state index in [1.54, 1.807) is 0 Å². The molecule has 1 saturated heterocycles. The predicted octanol–water partition coefficient (Wildman–Crippen LogP) is 2.07. The smallest absolute Gasteiger partial charge is 0.317 e. The van der Waals surface area contributed by atoms with Crippen LogP contribution in [0, 0.1) is 11.6 Å². The van der Waals surface area contributed by atoms with E-state index in [2.05, 4.69) is 5.32 Å². The van der Waals surface area contributed by atoms with E-state index >= 15 is 0 Å². The first kappa shape index (κ1) is 20.7. The lowest BCUT2D eigenvalue weighted by Crippen LogP contribution is -2.58. The lowest BCUT2D eigenvalue weighted by Gasteiger charge is -2.44. The number of aliphatic carboxylic acids is 1. The largest absolute Gasteiger partial charge is 0.480 e. The van der Waals surface area contributed by atoms with E-state index in [1.807, 2.05) is 11.8 Å². The second-order valence-electron chi connectivity index (χ2n) is 7.57. The van der Waals surface area contributed by atoms with Gasteiger partial charge in [-0.25, -0.2) is 8.78 Å². The molecule has 1 saturated carbocycles. The third-order valence-electron chi connectivity index (χ3n) is 5.94. The zero-order valence-corrected chi connectivity index (χ0v) is 15.9. The molecule has 3 rings (SSSR count). The quantitative estimate of drug-likeness (QED) is 0.738. The highest BCUT2D eigenvalue weighted by molar-refractivity contribution is 5.88. The highest BCUT2D eigenvalue weighted by Crippen LogP contribution is 2.38. The summed E-state index contributed by atoms with van der Waals surface area (Å²) in [6.45, 7) is 3.17. The minimum atomic E-state index is -1.08. The second-order valence-corrected chi connectivity index (χ2v) is 7.57. The van der Waals surface area contributed by atoms with Crippen LogP contribution < -0.4 is 5.32 Å². The number of nitrogens with one attached hydrogen (secondary N) is 1. The Kier molecular flexibility index (Phi) is 6.30. The van der Waals surface area contributed by atoms with Crippen LogP contribution in [0.25, 0.3) is 0 Å². The molecule has 2 N–H and O–H groups in total. The molecule has 2 fully saturated rings. The highest BCUT2D eigenvalue weighted by Gasteiger charge is 2.45. The second kappa shape index (κ2) is 8.53. The number of nitrogens with zero attached hydrogens (tertiary/aromatic N) is 1. The first-order chi connectivity index (χ1) is 13.4. The SMILES string of the molecule is CCN(CC(=O)O)C1CC(NC(=O)C2(c3ccc(F)cc3F)CCOCC2)C1. The van der Waals surface area contributed by atoms with Gasteiger partial charge < -0.3 is 15.2 Å². The van der Waals surface area contributed by atoms with Gasteiger partial charge in [-0.05, 0) is 38.3 Å². The van der Waals surface area contributed by atoms with Gasteiger partial charge in [0.05, 0.1) is 12.0 Å². The van der Waals surface area contributed by atoms with Crippen molar-refractivity contribution < 1.29 is 28.2 Å². The first-order valence-electron chi connectivity index (χ1n) is 9.66. The average Bonchev–Trinajstić information content (AvgIpc) is 2.62. The Balaban J connectivity index is 1.69. The van der Waals surface area contributed by atoms with Crippen LogP contribution in [0.1, 0.15) is 38.2 Å². The summed E-state index contributed by atoms with van der Waals surface area (Å²) < 4.78 is 33.2. The fourth-order valence-corrected chi connectivity index (χ4v) is 4.22. The third kappa shape index (κ3) is 4.17. The highest BCUT2D eigenvalue weighted by atomic mass is 19.1.